The second-order valence-electron chi connectivity index (χ2n) is 3.49. The molecule has 0 fully saturated rings. The van der Waals surface area contributed by atoms with Gasteiger partial charge in [-0.15, -0.1) is 0 Å². The van der Waals surface area contributed by atoms with Crippen LogP contribution in [-0.4, -0.2) is 9.97 Å². The highest BCUT2D eigenvalue weighted by molar-refractivity contribution is 7.98. The number of hydrogen-bond acceptors (Lipinski definition) is 4. The lowest BCUT2D eigenvalue weighted by Gasteiger charge is -2.02. The standard InChI is InChI=1S/C12H13N3S/c1-9-7-11(13)15-12(14-9)16-8-10-5-3-2-4-6-10/h2-7H,8H2,1H3,(H2,13,14,15). The topological polar surface area (TPSA) is 51.8 Å². The van der Waals surface area contributed by atoms with E-state index in [-0.39, 0.29) is 0 Å². The highest BCUT2D eigenvalue weighted by atomic mass is 32.2. The average Bonchev–Trinajstić information content (AvgIpc) is 2.27. The largest absolute Gasteiger partial charge is 0.384 e. The average molecular weight is 231 g/mol. The molecule has 2 aromatic rings. The van der Waals surface area contributed by atoms with Crippen LogP contribution in [0, 0.1) is 6.92 Å². The fourth-order valence-electron chi connectivity index (χ4n) is 1.35. The van der Waals surface area contributed by atoms with Gasteiger partial charge in [-0.2, -0.15) is 0 Å². The third-order valence-electron chi connectivity index (χ3n) is 2.06. The summed E-state index contributed by atoms with van der Waals surface area (Å²) in [6.07, 6.45) is 0. The molecule has 82 valence electrons. The Hall–Kier alpha value is -1.55. The Bertz CT molecular complexity index is 451. The van der Waals surface area contributed by atoms with Gasteiger partial charge in [-0.05, 0) is 12.5 Å². The number of benzene rings is 1. The molecule has 0 atom stereocenters. The zero-order valence-electron chi connectivity index (χ0n) is 9.05. The number of nitrogen functional groups attached to an aromatic ring is 1. The van der Waals surface area contributed by atoms with Gasteiger partial charge in [0.1, 0.15) is 5.82 Å². The summed E-state index contributed by atoms with van der Waals surface area (Å²) in [6, 6.07) is 12.0. The van der Waals surface area contributed by atoms with Crippen LogP contribution in [0.5, 0.6) is 0 Å². The van der Waals surface area contributed by atoms with Crippen molar-refractivity contribution >= 4 is 17.6 Å². The second-order valence-corrected chi connectivity index (χ2v) is 4.43. The molecule has 2 rings (SSSR count). The van der Waals surface area contributed by atoms with E-state index in [1.807, 2.05) is 25.1 Å². The predicted molar refractivity (Wildman–Crippen MR) is 67.2 cm³/mol. The van der Waals surface area contributed by atoms with Crippen LogP contribution >= 0.6 is 11.8 Å². The molecule has 0 saturated carbocycles. The van der Waals surface area contributed by atoms with E-state index in [1.54, 1.807) is 17.8 Å². The van der Waals surface area contributed by atoms with Crippen LogP contribution in [0.2, 0.25) is 0 Å². The van der Waals surface area contributed by atoms with Gasteiger partial charge < -0.3 is 5.73 Å². The molecule has 16 heavy (non-hydrogen) atoms. The zero-order valence-corrected chi connectivity index (χ0v) is 9.87. The van der Waals surface area contributed by atoms with Crippen molar-refractivity contribution in [1.29, 1.82) is 0 Å². The first-order valence-electron chi connectivity index (χ1n) is 5.02. The fourth-order valence-corrected chi connectivity index (χ4v) is 2.22. The molecule has 0 aliphatic heterocycles. The molecule has 0 aliphatic carbocycles. The molecule has 4 heteroatoms. The van der Waals surface area contributed by atoms with E-state index < -0.39 is 0 Å². The lowest BCUT2D eigenvalue weighted by atomic mass is 10.2. The molecule has 0 bridgehead atoms. The first kappa shape index (κ1) is 11.0. The van der Waals surface area contributed by atoms with Crippen LogP contribution in [0.25, 0.3) is 0 Å². The molecule has 1 aromatic heterocycles. The summed E-state index contributed by atoms with van der Waals surface area (Å²) in [6.45, 7) is 1.92. The quantitative estimate of drug-likeness (QED) is 0.651. The smallest absolute Gasteiger partial charge is 0.190 e. The SMILES string of the molecule is Cc1cc(N)nc(SCc2ccccc2)n1. The molecule has 3 nitrogen and oxygen atoms in total. The third kappa shape index (κ3) is 2.97. The maximum Gasteiger partial charge on any atom is 0.190 e. The summed E-state index contributed by atoms with van der Waals surface area (Å²) in [5, 5.41) is 0.737. The minimum Gasteiger partial charge on any atom is -0.384 e. The first-order chi connectivity index (χ1) is 7.74. The normalized spacial score (nSPS) is 10.3. The number of hydrogen-bond donors (Lipinski definition) is 1. The number of anilines is 1. The second kappa shape index (κ2) is 4.99. The molecule has 0 saturated heterocycles. The highest BCUT2D eigenvalue weighted by Gasteiger charge is 2.01. The van der Waals surface area contributed by atoms with E-state index in [2.05, 4.69) is 22.1 Å². The molecule has 0 spiro atoms. The zero-order chi connectivity index (χ0) is 11.4. The van der Waals surface area contributed by atoms with E-state index >= 15 is 0 Å². The number of aromatic nitrogens is 2. The fraction of sp³-hybridized carbons (Fsp3) is 0.167. The Kier molecular flexibility index (Phi) is 3.41. The molecule has 0 aliphatic rings. The Balaban J connectivity index is 2.05. The maximum absolute atomic E-state index is 5.66. The summed E-state index contributed by atoms with van der Waals surface area (Å²) in [7, 11) is 0. The number of thioether (sulfide) groups is 1. The summed E-state index contributed by atoms with van der Waals surface area (Å²) in [5.41, 5.74) is 7.83. The van der Waals surface area contributed by atoms with Gasteiger partial charge in [-0.25, -0.2) is 9.97 Å². The Labute approximate surface area is 99.1 Å². The van der Waals surface area contributed by atoms with E-state index in [9.17, 15) is 0 Å². The van der Waals surface area contributed by atoms with Gasteiger partial charge in [-0.3, -0.25) is 0 Å². The van der Waals surface area contributed by atoms with Gasteiger partial charge in [0.25, 0.3) is 0 Å². The van der Waals surface area contributed by atoms with Crippen LogP contribution in [0.1, 0.15) is 11.3 Å². The van der Waals surface area contributed by atoms with Crippen molar-refractivity contribution in [2.45, 2.75) is 17.8 Å². The van der Waals surface area contributed by atoms with Crippen molar-refractivity contribution in [3.8, 4) is 0 Å². The monoisotopic (exact) mass is 231 g/mol. The Morgan fingerprint density at radius 2 is 1.94 bits per heavy atom. The number of rotatable bonds is 3. The molecule has 1 heterocycles. The van der Waals surface area contributed by atoms with Crippen LogP contribution in [-0.2, 0) is 5.75 Å². The molecular weight excluding hydrogens is 218 g/mol. The summed E-state index contributed by atoms with van der Waals surface area (Å²) in [5.74, 6) is 1.40. The van der Waals surface area contributed by atoms with Crippen LogP contribution in [0.3, 0.4) is 0 Å². The Morgan fingerprint density at radius 3 is 2.62 bits per heavy atom. The summed E-state index contributed by atoms with van der Waals surface area (Å²) >= 11 is 1.60. The molecule has 0 amide bonds. The maximum atomic E-state index is 5.66. The van der Waals surface area contributed by atoms with Gasteiger partial charge in [0.15, 0.2) is 5.16 Å². The van der Waals surface area contributed by atoms with Crippen molar-refractivity contribution < 1.29 is 0 Å². The van der Waals surface area contributed by atoms with Gasteiger partial charge in [0, 0.05) is 17.5 Å². The van der Waals surface area contributed by atoms with Crippen molar-refractivity contribution in [2.24, 2.45) is 0 Å². The van der Waals surface area contributed by atoms with Crippen molar-refractivity contribution in [3.63, 3.8) is 0 Å². The molecule has 0 radical (unpaired) electrons. The lowest BCUT2D eigenvalue weighted by Crippen LogP contribution is -1.96. The van der Waals surface area contributed by atoms with Crippen molar-refractivity contribution in [3.05, 3.63) is 47.7 Å². The van der Waals surface area contributed by atoms with E-state index in [1.165, 1.54) is 5.56 Å². The van der Waals surface area contributed by atoms with Gasteiger partial charge in [0.05, 0.1) is 0 Å². The van der Waals surface area contributed by atoms with Crippen LogP contribution in [0.4, 0.5) is 5.82 Å². The summed E-state index contributed by atoms with van der Waals surface area (Å²) in [4.78, 5) is 8.50. The number of nitrogens with two attached hydrogens (primary N) is 1. The first-order valence-corrected chi connectivity index (χ1v) is 6.00. The summed E-state index contributed by atoms with van der Waals surface area (Å²) < 4.78 is 0. The molecule has 1 aromatic carbocycles. The van der Waals surface area contributed by atoms with Gasteiger partial charge >= 0.3 is 0 Å². The number of nitrogens with zero attached hydrogens (tertiary/aromatic N) is 2. The minimum atomic E-state index is 0.531. The predicted octanol–water partition coefficient (Wildman–Crippen LogP) is 2.66. The minimum absolute atomic E-state index is 0.531. The van der Waals surface area contributed by atoms with E-state index in [0.717, 1.165) is 16.6 Å². The van der Waals surface area contributed by atoms with Crippen molar-refractivity contribution in [1.82, 2.24) is 9.97 Å². The van der Waals surface area contributed by atoms with Crippen molar-refractivity contribution in [2.75, 3.05) is 5.73 Å². The van der Waals surface area contributed by atoms with Gasteiger partial charge in [-0.1, -0.05) is 42.1 Å². The number of aryl methyl sites for hydroxylation is 1. The van der Waals surface area contributed by atoms with Crippen LogP contribution < -0.4 is 5.73 Å². The van der Waals surface area contributed by atoms with E-state index in [0.29, 0.717) is 5.82 Å². The van der Waals surface area contributed by atoms with Crippen LogP contribution in [0.15, 0.2) is 41.6 Å². The van der Waals surface area contributed by atoms with Gasteiger partial charge in [0.2, 0.25) is 0 Å². The highest BCUT2D eigenvalue weighted by Crippen LogP contribution is 2.20. The molecule has 0 unspecified atom stereocenters. The third-order valence-corrected chi connectivity index (χ3v) is 2.98. The molecular formula is C12H13N3S. The lowest BCUT2D eigenvalue weighted by molar-refractivity contribution is 0.940. The molecule has 2 N–H and O–H groups in total. The Morgan fingerprint density at radius 1 is 1.19 bits per heavy atom. The van der Waals surface area contributed by atoms with E-state index in [4.69, 9.17) is 5.73 Å².